The molecule has 2 aromatic rings. The standard InChI is InChI=1S/C26H30N2O5/c1-4-14-28(15-23(29)30)25(31)24(17(3)5-2)27-26(32)33-16-22-20-12-8-6-10-18(20)19-11-7-9-13-21(19)22/h4,6-13,17,22,24H,1,5,14-16H2,2-3H3,(H,27,32)(H,29,30)/t17-,24-/m0/s1. The van der Waals surface area contributed by atoms with E-state index >= 15 is 0 Å². The third-order valence-corrected chi connectivity index (χ3v) is 6.08. The van der Waals surface area contributed by atoms with E-state index in [1.807, 2.05) is 50.2 Å². The highest BCUT2D eigenvalue weighted by atomic mass is 16.5. The number of aliphatic carboxylic acids is 1. The van der Waals surface area contributed by atoms with Crippen LogP contribution in [-0.2, 0) is 14.3 Å². The number of carbonyl (C=O) groups excluding carboxylic acids is 2. The van der Waals surface area contributed by atoms with E-state index in [9.17, 15) is 14.4 Å². The van der Waals surface area contributed by atoms with Crippen molar-refractivity contribution < 1.29 is 24.2 Å². The lowest BCUT2D eigenvalue weighted by Gasteiger charge is -2.29. The molecule has 2 N–H and O–H groups in total. The van der Waals surface area contributed by atoms with Gasteiger partial charge in [-0.2, -0.15) is 0 Å². The van der Waals surface area contributed by atoms with Gasteiger partial charge in [-0.3, -0.25) is 9.59 Å². The van der Waals surface area contributed by atoms with Gasteiger partial charge in [-0.1, -0.05) is 74.9 Å². The number of carboxylic acid groups (broad SMARTS) is 1. The van der Waals surface area contributed by atoms with Gasteiger partial charge in [0.15, 0.2) is 0 Å². The predicted octanol–water partition coefficient (Wildman–Crippen LogP) is 4.04. The van der Waals surface area contributed by atoms with E-state index < -0.39 is 30.6 Å². The molecule has 2 atom stereocenters. The summed E-state index contributed by atoms with van der Waals surface area (Å²) < 4.78 is 5.58. The zero-order chi connectivity index (χ0) is 24.0. The molecule has 7 heteroatoms. The Bertz CT molecular complexity index is 989. The van der Waals surface area contributed by atoms with E-state index in [4.69, 9.17) is 9.84 Å². The minimum absolute atomic E-state index is 0.0738. The van der Waals surface area contributed by atoms with Crippen LogP contribution >= 0.6 is 0 Å². The van der Waals surface area contributed by atoms with E-state index in [1.165, 1.54) is 6.08 Å². The number of fused-ring (bicyclic) bond motifs is 3. The molecule has 0 radical (unpaired) electrons. The summed E-state index contributed by atoms with van der Waals surface area (Å²) in [4.78, 5) is 38.1. The Kier molecular flexibility index (Phi) is 7.87. The van der Waals surface area contributed by atoms with Crippen LogP contribution in [0.2, 0.25) is 0 Å². The van der Waals surface area contributed by atoms with Crippen LogP contribution in [0.25, 0.3) is 11.1 Å². The van der Waals surface area contributed by atoms with Crippen LogP contribution in [0, 0.1) is 5.92 Å². The Balaban J connectivity index is 1.72. The first-order valence-corrected chi connectivity index (χ1v) is 11.1. The third kappa shape index (κ3) is 5.42. The number of hydrogen-bond acceptors (Lipinski definition) is 4. The van der Waals surface area contributed by atoms with Crippen LogP contribution in [-0.4, -0.2) is 53.7 Å². The topological polar surface area (TPSA) is 95.9 Å². The van der Waals surface area contributed by atoms with Gasteiger partial charge in [0, 0.05) is 12.5 Å². The zero-order valence-electron chi connectivity index (χ0n) is 19.0. The molecular formula is C26H30N2O5. The van der Waals surface area contributed by atoms with Crippen molar-refractivity contribution in [3.63, 3.8) is 0 Å². The van der Waals surface area contributed by atoms with Gasteiger partial charge in [0.25, 0.3) is 0 Å². The van der Waals surface area contributed by atoms with E-state index in [0.717, 1.165) is 27.2 Å². The Labute approximate surface area is 194 Å². The number of hydrogen-bond donors (Lipinski definition) is 2. The maximum atomic E-state index is 13.0. The van der Waals surface area contributed by atoms with Crippen LogP contribution in [0.4, 0.5) is 4.79 Å². The number of benzene rings is 2. The Hall–Kier alpha value is -3.61. The Morgan fingerprint density at radius 2 is 1.70 bits per heavy atom. The van der Waals surface area contributed by atoms with Crippen molar-refractivity contribution >= 4 is 18.0 Å². The van der Waals surface area contributed by atoms with E-state index in [1.54, 1.807) is 0 Å². The first kappa shape index (κ1) is 24.0. The molecule has 0 aliphatic heterocycles. The van der Waals surface area contributed by atoms with Gasteiger partial charge in [0.05, 0.1) is 0 Å². The lowest BCUT2D eigenvalue weighted by molar-refractivity contribution is -0.145. The van der Waals surface area contributed by atoms with Crippen LogP contribution in [0.15, 0.2) is 61.2 Å². The lowest BCUT2D eigenvalue weighted by atomic mass is 9.97. The van der Waals surface area contributed by atoms with Crippen LogP contribution in [0.5, 0.6) is 0 Å². The van der Waals surface area contributed by atoms with Gasteiger partial charge in [-0.05, 0) is 28.2 Å². The van der Waals surface area contributed by atoms with Gasteiger partial charge in [0.2, 0.25) is 5.91 Å². The fraction of sp³-hybridized carbons (Fsp3) is 0.346. The van der Waals surface area contributed by atoms with Gasteiger partial charge >= 0.3 is 12.1 Å². The fourth-order valence-electron chi connectivity index (χ4n) is 4.20. The molecule has 0 bridgehead atoms. The number of ether oxygens (including phenoxy) is 1. The molecule has 0 saturated heterocycles. The van der Waals surface area contributed by atoms with Crippen molar-refractivity contribution in [1.29, 1.82) is 0 Å². The maximum absolute atomic E-state index is 13.0. The first-order valence-electron chi connectivity index (χ1n) is 11.1. The molecule has 174 valence electrons. The van der Waals surface area contributed by atoms with E-state index in [2.05, 4.69) is 24.0 Å². The Morgan fingerprint density at radius 1 is 1.12 bits per heavy atom. The Morgan fingerprint density at radius 3 is 2.21 bits per heavy atom. The largest absolute Gasteiger partial charge is 0.480 e. The number of carboxylic acids is 1. The molecular weight excluding hydrogens is 420 g/mol. The summed E-state index contributed by atoms with van der Waals surface area (Å²) >= 11 is 0. The smallest absolute Gasteiger partial charge is 0.407 e. The second-order valence-electron chi connectivity index (χ2n) is 8.23. The van der Waals surface area contributed by atoms with Crippen molar-refractivity contribution in [2.75, 3.05) is 19.7 Å². The van der Waals surface area contributed by atoms with Gasteiger partial charge in [-0.25, -0.2) is 4.79 Å². The molecule has 1 aliphatic rings. The molecule has 2 amide bonds. The zero-order valence-corrected chi connectivity index (χ0v) is 19.0. The van der Waals surface area contributed by atoms with E-state index in [0.29, 0.717) is 6.42 Å². The molecule has 0 unspecified atom stereocenters. The number of rotatable bonds is 10. The molecule has 0 aromatic heterocycles. The first-order chi connectivity index (χ1) is 15.9. The second-order valence-corrected chi connectivity index (χ2v) is 8.23. The van der Waals surface area contributed by atoms with Gasteiger partial charge in [0.1, 0.15) is 19.2 Å². The molecule has 0 fully saturated rings. The van der Waals surface area contributed by atoms with E-state index in [-0.39, 0.29) is 25.0 Å². The fourth-order valence-corrected chi connectivity index (χ4v) is 4.20. The molecule has 0 spiro atoms. The highest BCUT2D eigenvalue weighted by Gasteiger charge is 2.32. The van der Waals surface area contributed by atoms with Crippen LogP contribution in [0.1, 0.15) is 37.3 Å². The number of alkyl carbamates (subject to hydrolysis) is 1. The van der Waals surface area contributed by atoms with Crippen molar-refractivity contribution in [1.82, 2.24) is 10.2 Å². The minimum Gasteiger partial charge on any atom is -0.480 e. The average Bonchev–Trinajstić information content (AvgIpc) is 3.13. The van der Waals surface area contributed by atoms with Crippen molar-refractivity contribution in [2.45, 2.75) is 32.2 Å². The minimum atomic E-state index is -1.13. The number of amides is 2. The maximum Gasteiger partial charge on any atom is 0.407 e. The predicted molar refractivity (Wildman–Crippen MR) is 126 cm³/mol. The molecule has 0 heterocycles. The lowest BCUT2D eigenvalue weighted by Crippen LogP contribution is -2.53. The normalized spacial score (nSPS) is 13.9. The summed E-state index contributed by atoms with van der Waals surface area (Å²) in [6.45, 7) is 7.06. The van der Waals surface area contributed by atoms with Crippen LogP contribution < -0.4 is 5.32 Å². The molecule has 0 saturated carbocycles. The molecule has 33 heavy (non-hydrogen) atoms. The summed E-state index contributed by atoms with van der Waals surface area (Å²) in [5.74, 6) is -1.90. The summed E-state index contributed by atoms with van der Waals surface area (Å²) in [6.07, 6.45) is 1.38. The summed E-state index contributed by atoms with van der Waals surface area (Å²) in [5.41, 5.74) is 4.45. The number of nitrogens with zero attached hydrogens (tertiary/aromatic N) is 1. The summed E-state index contributed by atoms with van der Waals surface area (Å²) in [7, 11) is 0. The van der Waals surface area contributed by atoms with Gasteiger partial charge in [-0.15, -0.1) is 6.58 Å². The summed E-state index contributed by atoms with van der Waals surface area (Å²) in [5, 5.41) is 11.8. The molecule has 3 rings (SSSR count). The number of carbonyl (C=O) groups is 3. The second kappa shape index (κ2) is 10.8. The monoisotopic (exact) mass is 450 g/mol. The highest BCUT2D eigenvalue weighted by molar-refractivity contribution is 5.88. The molecule has 7 nitrogen and oxygen atoms in total. The SMILES string of the molecule is C=CCN(CC(=O)O)C(=O)[C@@H](NC(=O)OCC1c2ccccc2-c2ccccc21)[C@@H](C)CC. The molecule has 1 aliphatic carbocycles. The quantitative estimate of drug-likeness (QED) is 0.533. The van der Waals surface area contributed by atoms with Crippen molar-refractivity contribution in [3.8, 4) is 11.1 Å². The third-order valence-electron chi connectivity index (χ3n) is 6.08. The van der Waals surface area contributed by atoms with Crippen LogP contribution in [0.3, 0.4) is 0 Å². The average molecular weight is 451 g/mol. The number of nitrogens with one attached hydrogen (secondary N) is 1. The summed E-state index contributed by atoms with van der Waals surface area (Å²) in [6, 6.07) is 15.2. The van der Waals surface area contributed by atoms with Crippen molar-refractivity contribution in [3.05, 3.63) is 72.3 Å². The van der Waals surface area contributed by atoms with Gasteiger partial charge < -0.3 is 20.1 Å². The molecule has 2 aromatic carbocycles. The highest BCUT2D eigenvalue weighted by Crippen LogP contribution is 2.44. The van der Waals surface area contributed by atoms with Crippen molar-refractivity contribution in [2.24, 2.45) is 5.92 Å².